The summed E-state index contributed by atoms with van der Waals surface area (Å²) in [5.41, 5.74) is 0.696. The summed E-state index contributed by atoms with van der Waals surface area (Å²) in [4.78, 5) is 12.8. The first kappa shape index (κ1) is 22.0. The van der Waals surface area contributed by atoms with E-state index in [0.717, 1.165) is 5.56 Å². The number of Topliss-reactive ketones (excluding diaryl/α,β-unsaturated/α-hetero) is 1. The summed E-state index contributed by atoms with van der Waals surface area (Å²) in [6, 6.07) is 10.5. The molecule has 0 aliphatic carbocycles. The van der Waals surface area contributed by atoms with Crippen molar-refractivity contribution in [2.75, 3.05) is 6.61 Å². The minimum Gasteiger partial charge on any atom is -0.508 e. The number of carbonyl (C=O) groups is 1. The van der Waals surface area contributed by atoms with Crippen molar-refractivity contribution in [3.8, 4) is 17.2 Å². The summed E-state index contributed by atoms with van der Waals surface area (Å²) in [5, 5.41) is 58.8. The number of ketones is 1. The maximum atomic E-state index is 12.8. The number of ether oxygens (including phenoxy) is 2. The number of aliphatic hydroxyl groups excluding tert-OH is 4. The van der Waals surface area contributed by atoms with Crippen molar-refractivity contribution in [3.63, 3.8) is 0 Å². The molecule has 1 fully saturated rings. The third-order valence-corrected chi connectivity index (χ3v) is 4.95. The first-order valence-corrected chi connectivity index (χ1v) is 9.42. The lowest BCUT2D eigenvalue weighted by molar-refractivity contribution is -0.277. The minimum atomic E-state index is -1.65. The van der Waals surface area contributed by atoms with Gasteiger partial charge in [0.05, 0.1) is 6.61 Å². The monoisotopic (exact) mass is 420 g/mol. The Kier molecular flexibility index (Phi) is 6.91. The molecule has 1 aliphatic rings. The van der Waals surface area contributed by atoms with Crippen LogP contribution in [0.4, 0.5) is 0 Å². The molecule has 1 heterocycles. The first-order valence-electron chi connectivity index (χ1n) is 9.42. The molecule has 0 aromatic heterocycles. The van der Waals surface area contributed by atoms with Crippen LogP contribution in [0, 0.1) is 0 Å². The molecule has 9 heteroatoms. The molecule has 0 unspecified atom stereocenters. The highest BCUT2D eigenvalue weighted by Crippen LogP contribution is 2.32. The smallest absolute Gasteiger partial charge is 0.229 e. The zero-order chi connectivity index (χ0) is 21.8. The van der Waals surface area contributed by atoms with Gasteiger partial charge in [-0.15, -0.1) is 0 Å². The average molecular weight is 420 g/mol. The lowest BCUT2D eigenvalue weighted by Gasteiger charge is -2.39. The number of benzene rings is 2. The summed E-state index contributed by atoms with van der Waals surface area (Å²) in [6.07, 6.45) is -7.08. The van der Waals surface area contributed by atoms with E-state index >= 15 is 0 Å². The second-order valence-corrected chi connectivity index (χ2v) is 7.06. The number of hydrogen-bond donors (Lipinski definition) is 6. The van der Waals surface area contributed by atoms with Gasteiger partial charge in [0.1, 0.15) is 47.2 Å². The summed E-state index contributed by atoms with van der Waals surface area (Å²) >= 11 is 0. The maximum Gasteiger partial charge on any atom is 0.229 e. The first-order chi connectivity index (χ1) is 14.3. The van der Waals surface area contributed by atoms with Crippen LogP contribution in [-0.4, -0.2) is 73.7 Å². The van der Waals surface area contributed by atoms with Crippen LogP contribution in [-0.2, 0) is 11.2 Å². The van der Waals surface area contributed by atoms with Crippen molar-refractivity contribution >= 4 is 5.78 Å². The molecule has 0 spiro atoms. The fraction of sp³-hybridized carbons (Fsp3) is 0.381. The van der Waals surface area contributed by atoms with Crippen LogP contribution in [0.15, 0.2) is 42.5 Å². The van der Waals surface area contributed by atoms with Crippen molar-refractivity contribution < 1.29 is 44.9 Å². The fourth-order valence-corrected chi connectivity index (χ4v) is 3.23. The number of phenols is 2. The highest BCUT2D eigenvalue weighted by Gasteiger charge is 2.45. The van der Waals surface area contributed by atoms with E-state index in [2.05, 4.69) is 0 Å². The van der Waals surface area contributed by atoms with Gasteiger partial charge in [-0.2, -0.15) is 0 Å². The van der Waals surface area contributed by atoms with Crippen molar-refractivity contribution in [3.05, 3.63) is 53.6 Å². The third kappa shape index (κ3) is 4.72. The largest absolute Gasteiger partial charge is 0.508 e. The van der Waals surface area contributed by atoms with E-state index in [1.54, 1.807) is 12.1 Å². The minimum absolute atomic E-state index is 0.0351. The van der Waals surface area contributed by atoms with Crippen LogP contribution in [0.2, 0.25) is 0 Å². The quantitative estimate of drug-likeness (QED) is 0.342. The van der Waals surface area contributed by atoms with Gasteiger partial charge in [0.2, 0.25) is 6.29 Å². The molecule has 2 aromatic carbocycles. The lowest BCUT2D eigenvalue weighted by Crippen LogP contribution is -2.60. The Bertz CT molecular complexity index is 865. The van der Waals surface area contributed by atoms with E-state index in [-0.39, 0.29) is 29.2 Å². The zero-order valence-corrected chi connectivity index (χ0v) is 16.0. The number of rotatable bonds is 7. The predicted octanol–water partition coefficient (Wildman–Crippen LogP) is 0.0920. The Balaban J connectivity index is 1.77. The zero-order valence-electron chi connectivity index (χ0n) is 16.0. The Morgan fingerprint density at radius 2 is 1.67 bits per heavy atom. The van der Waals surface area contributed by atoms with Gasteiger partial charge in [0.15, 0.2) is 5.78 Å². The number of aryl methyl sites for hydroxylation is 1. The number of aromatic hydroxyl groups is 2. The maximum absolute atomic E-state index is 12.8. The molecule has 9 nitrogen and oxygen atoms in total. The highest BCUT2D eigenvalue weighted by molar-refractivity contribution is 6.01. The number of hydrogen-bond acceptors (Lipinski definition) is 9. The van der Waals surface area contributed by atoms with Crippen molar-refractivity contribution in [1.82, 2.24) is 0 Å². The van der Waals surface area contributed by atoms with Gasteiger partial charge in [0, 0.05) is 6.42 Å². The molecule has 1 aliphatic heterocycles. The van der Waals surface area contributed by atoms with E-state index < -0.39 is 43.1 Å². The third-order valence-electron chi connectivity index (χ3n) is 4.95. The van der Waals surface area contributed by atoms with Gasteiger partial charge >= 0.3 is 0 Å². The van der Waals surface area contributed by atoms with E-state index in [4.69, 9.17) is 9.47 Å². The van der Waals surface area contributed by atoms with Gasteiger partial charge < -0.3 is 40.1 Å². The normalized spacial score (nSPS) is 26.3. The molecule has 162 valence electrons. The Labute approximate surface area is 172 Å². The second kappa shape index (κ2) is 9.41. The van der Waals surface area contributed by atoms with Crippen LogP contribution in [0.1, 0.15) is 22.3 Å². The van der Waals surface area contributed by atoms with Crippen LogP contribution in [0.25, 0.3) is 0 Å². The molecule has 3 rings (SSSR count). The predicted molar refractivity (Wildman–Crippen MR) is 103 cm³/mol. The van der Waals surface area contributed by atoms with Gasteiger partial charge in [-0.1, -0.05) is 18.2 Å². The summed E-state index contributed by atoms with van der Waals surface area (Å²) in [5.74, 6) is -0.718. The molecule has 5 atom stereocenters. The van der Waals surface area contributed by atoms with E-state index in [0.29, 0.717) is 6.42 Å². The molecule has 1 saturated heterocycles. The van der Waals surface area contributed by atoms with Gasteiger partial charge in [-0.25, -0.2) is 0 Å². The molecule has 0 amide bonds. The standard InChI is InChI=1S/C21H24O9/c22-10-16-18(26)19(27)20(28)21(30-16)29-15-3-1-2-13(24)17(15)14(25)9-6-11-4-7-12(23)8-5-11/h1-5,7-8,16,18-24,26-28H,6,9-10H2/t16-,18+,19-,20-,21+/m0/s1. The van der Waals surface area contributed by atoms with Crippen molar-refractivity contribution in [2.45, 2.75) is 43.5 Å². The summed E-state index contributed by atoms with van der Waals surface area (Å²) in [6.45, 7) is -0.622. The molecule has 30 heavy (non-hydrogen) atoms. The number of aliphatic hydroxyl groups is 4. The molecular formula is C21H24O9. The van der Waals surface area contributed by atoms with E-state index in [9.17, 15) is 35.4 Å². The van der Waals surface area contributed by atoms with E-state index in [1.807, 2.05) is 0 Å². The molecule has 0 saturated carbocycles. The SMILES string of the molecule is O=C(CCc1ccc(O)cc1)c1c(O)cccc1O[C@@H]1O[C@@H](CO)[C@@H](O)[C@H](O)[C@@H]1O. The fourth-order valence-electron chi connectivity index (χ4n) is 3.23. The highest BCUT2D eigenvalue weighted by atomic mass is 16.7. The Morgan fingerprint density at radius 1 is 0.967 bits per heavy atom. The molecular weight excluding hydrogens is 396 g/mol. The van der Waals surface area contributed by atoms with Crippen LogP contribution >= 0.6 is 0 Å². The Hall–Kier alpha value is -2.69. The topological polar surface area (TPSA) is 157 Å². The van der Waals surface area contributed by atoms with Gasteiger partial charge in [0.25, 0.3) is 0 Å². The number of carbonyl (C=O) groups excluding carboxylic acids is 1. The summed E-state index contributed by atoms with van der Waals surface area (Å²) in [7, 11) is 0. The lowest BCUT2D eigenvalue weighted by atomic mass is 9.99. The van der Waals surface area contributed by atoms with Gasteiger partial charge in [-0.05, 0) is 36.2 Å². The van der Waals surface area contributed by atoms with E-state index in [1.165, 1.54) is 30.3 Å². The molecule has 6 N–H and O–H groups in total. The van der Waals surface area contributed by atoms with Crippen LogP contribution in [0.5, 0.6) is 17.2 Å². The molecule has 0 radical (unpaired) electrons. The van der Waals surface area contributed by atoms with Crippen LogP contribution in [0.3, 0.4) is 0 Å². The Morgan fingerprint density at radius 3 is 2.33 bits per heavy atom. The van der Waals surface area contributed by atoms with Crippen molar-refractivity contribution in [2.24, 2.45) is 0 Å². The average Bonchev–Trinajstić information content (AvgIpc) is 2.73. The number of phenolic OH excluding ortho intramolecular Hbond substituents is 2. The van der Waals surface area contributed by atoms with Crippen LogP contribution < -0.4 is 4.74 Å². The van der Waals surface area contributed by atoms with Crippen molar-refractivity contribution in [1.29, 1.82) is 0 Å². The summed E-state index contributed by atoms with van der Waals surface area (Å²) < 4.78 is 10.9. The molecule has 0 bridgehead atoms. The van der Waals surface area contributed by atoms with Gasteiger partial charge in [-0.3, -0.25) is 4.79 Å². The molecule has 2 aromatic rings. The second-order valence-electron chi connectivity index (χ2n) is 7.06.